The van der Waals surface area contributed by atoms with Crippen molar-refractivity contribution in [3.63, 3.8) is 0 Å². The van der Waals surface area contributed by atoms with E-state index in [1.165, 1.54) is 25.3 Å². The molecule has 136 valence electrons. The molecule has 0 heterocycles. The minimum Gasteiger partial charge on any atom is -0.496 e. The first-order valence-electron chi connectivity index (χ1n) is 7.51. The van der Waals surface area contributed by atoms with E-state index in [2.05, 4.69) is 5.32 Å². The van der Waals surface area contributed by atoms with Crippen LogP contribution in [0.2, 0.25) is 0 Å². The molecule has 26 heavy (non-hydrogen) atoms. The van der Waals surface area contributed by atoms with Gasteiger partial charge in [-0.25, -0.2) is 9.59 Å². The Kier molecular flexibility index (Phi) is 6.10. The van der Waals surface area contributed by atoms with Crippen molar-refractivity contribution >= 4 is 17.7 Å². The second-order valence-corrected chi connectivity index (χ2v) is 5.24. The molecule has 0 bridgehead atoms. The Labute approximate surface area is 148 Å². The molecule has 0 unspecified atom stereocenters. The molecule has 0 aliphatic carbocycles. The lowest BCUT2D eigenvalue weighted by Gasteiger charge is -2.10. The Morgan fingerprint density at radius 2 is 1.88 bits per heavy atom. The molecule has 3 N–H and O–H groups in total. The minimum absolute atomic E-state index is 0.122. The van der Waals surface area contributed by atoms with Gasteiger partial charge in [-0.05, 0) is 23.8 Å². The highest BCUT2D eigenvalue weighted by atomic mass is 16.6. The van der Waals surface area contributed by atoms with Crippen LogP contribution < -0.4 is 15.8 Å². The van der Waals surface area contributed by atoms with E-state index in [9.17, 15) is 19.7 Å². The van der Waals surface area contributed by atoms with Gasteiger partial charge < -0.3 is 20.5 Å². The number of hydrogen-bond donors (Lipinski definition) is 2. The number of hydrogen-bond acceptors (Lipinski definition) is 6. The molecule has 0 aliphatic heterocycles. The predicted molar refractivity (Wildman–Crippen MR) is 91.6 cm³/mol. The second kappa shape index (κ2) is 8.47. The summed E-state index contributed by atoms with van der Waals surface area (Å²) in [7, 11) is 1.42. The van der Waals surface area contributed by atoms with E-state index in [4.69, 9.17) is 15.2 Å². The van der Waals surface area contributed by atoms with Gasteiger partial charge in [0.2, 0.25) is 0 Å². The van der Waals surface area contributed by atoms with Crippen LogP contribution in [0.4, 0.5) is 10.5 Å². The number of amides is 2. The number of methoxy groups -OCH3 is 1. The maximum Gasteiger partial charge on any atom is 0.338 e. The van der Waals surface area contributed by atoms with E-state index in [1.54, 1.807) is 24.3 Å². The molecule has 2 amide bonds. The molecule has 2 aromatic carbocycles. The van der Waals surface area contributed by atoms with Crippen molar-refractivity contribution in [2.24, 2.45) is 5.73 Å². The first-order chi connectivity index (χ1) is 12.4. The van der Waals surface area contributed by atoms with E-state index in [1.807, 2.05) is 0 Å². The summed E-state index contributed by atoms with van der Waals surface area (Å²) >= 11 is 0. The van der Waals surface area contributed by atoms with Gasteiger partial charge in [0.25, 0.3) is 5.69 Å². The number of rotatable bonds is 7. The quantitative estimate of drug-likeness (QED) is 0.442. The maximum absolute atomic E-state index is 12.1. The summed E-state index contributed by atoms with van der Waals surface area (Å²) in [5, 5.41) is 13.3. The first-order valence-corrected chi connectivity index (χ1v) is 7.51. The highest BCUT2D eigenvalue weighted by molar-refractivity contribution is 5.89. The van der Waals surface area contributed by atoms with Crippen LogP contribution >= 0.6 is 0 Å². The number of urea groups is 1. The molecule has 0 aromatic heterocycles. The van der Waals surface area contributed by atoms with E-state index < -0.39 is 16.9 Å². The van der Waals surface area contributed by atoms with Crippen molar-refractivity contribution < 1.29 is 24.0 Å². The maximum atomic E-state index is 12.1. The van der Waals surface area contributed by atoms with Gasteiger partial charge in [-0.3, -0.25) is 10.1 Å². The second-order valence-electron chi connectivity index (χ2n) is 5.24. The number of nitrogens with two attached hydrogens (primary N) is 1. The molecule has 2 aromatic rings. The summed E-state index contributed by atoms with van der Waals surface area (Å²) < 4.78 is 10.3. The molecule has 2 rings (SSSR count). The third-order valence-electron chi connectivity index (χ3n) is 3.49. The number of non-ortho nitro benzene ring substituents is 1. The molecule has 0 fully saturated rings. The van der Waals surface area contributed by atoms with Gasteiger partial charge in [-0.2, -0.15) is 0 Å². The van der Waals surface area contributed by atoms with Crippen LogP contribution in [0.5, 0.6) is 5.75 Å². The van der Waals surface area contributed by atoms with E-state index in [0.717, 1.165) is 5.56 Å². The fourth-order valence-corrected chi connectivity index (χ4v) is 2.17. The van der Waals surface area contributed by atoms with E-state index >= 15 is 0 Å². The van der Waals surface area contributed by atoms with E-state index in [0.29, 0.717) is 16.9 Å². The van der Waals surface area contributed by atoms with Crippen LogP contribution in [0.25, 0.3) is 0 Å². The van der Waals surface area contributed by atoms with Gasteiger partial charge >= 0.3 is 12.0 Å². The van der Waals surface area contributed by atoms with Gasteiger partial charge in [-0.1, -0.05) is 12.1 Å². The van der Waals surface area contributed by atoms with Gasteiger partial charge in [0.05, 0.1) is 17.6 Å². The average molecular weight is 359 g/mol. The Balaban J connectivity index is 2.03. The molecule has 0 saturated heterocycles. The standard InChI is InChI=1S/C17H17N3O6/c1-25-15-7-6-14(20(23)24)8-13(15)10-26-16(21)12-4-2-11(3-5-12)9-19-17(18)22/h2-8H,9-10H2,1H3,(H3,18,19,22). The molecule has 9 nitrogen and oxygen atoms in total. The van der Waals surface area contributed by atoms with Crippen LogP contribution in [0.1, 0.15) is 21.5 Å². The first kappa shape index (κ1) is 18.7. The van der Waals surface area contributed by atoms with Crippen molar-refractivity contribution in [2.45, 2.75) is 13.2 Å². The predicted octanol–water partition coefficient (Wildman–Crippen LogP) is 2.13. The average Bonchev–Trinajstić information content (AvgIpc) is 2.64. The highest BCUT2D eigenvalue weighted by Gasteiger charge is 2.14. The molecule has 0 spiro atoms. The molecular formula is C17H17N3O6. The monoisotopic (exact) mass is 359 g/mol. The largest absolute Gasteiger partial charge is 0.496 e. The lowest BCUT2D eigenvalue weighted by atomic mass is 10.1. The summed E-state index contributed by atoms with van der Waals surface area (Å²) in [6.07, 6.45) is 0. The number of benzene rings is 2. The SMILES string of the molecule is COc1ccc([N+](=O)[O-])cc1COC(=O)c1ccc(CNC(N)=O)cc1. The molecule has 0 atom stereocenters. The fraction of sp³-hybridized carbons (Fsp3) is 0.176. The number of nitro groups is 1. The van der Waals surface area contributed by atoms with E-state index in [-0.39, 0.29) is 18.8 Å². The number of carbonyl (C=O) groups excluding carboxylic acids is 2. The number of esters is 1. The summed E-state index contributed by atoms with van der Waals surface area (Å²) in [6.45, 7) is 0.0736. The van der Waals surface area contributed by atoms with Gasteiger partial charge in [0.15, 0.2) is 0 Å². The van der Waals surface area contributed by atoms with Crippen LogP contribution in [-0.2, 0) is 17.9 Å². The number of carbonyl (C=O) groups is 2. The minimum atomic E-state index is -0.639. The van der Waals surface area contributed by atoms with Gasteiger partial charge in [0.1, 0.15) is 12.4 Å². The smallest absolute Gasteiger partial charge is 0.338 e. The fourth-order valence-electron chi connectivity index (χ4n) is 2.17. The molecule has 0 aliphatic rings. The Morgan fingerprint density at radius 3 is 2.46 bits per heavy atom. The normalized spacial score (nSPS) is 10.0. The molecule has 0 radical (unpaired) electrons. The lowest BCUT2D eigenvalue weighted by molar-refractivity contribution is -0.385. The van der Waals surface area contributed by atoms with Crippen molar-refractivity contribution in [1.82, 2.24) is 5.32 Å². The Morgan fingerprint density at radius 1 is 1.19 bits per heavy atom. The third kappa shape index (κ3) is 4.94. The zero-order chi connectivity index (χ0) is 19.1. The van der Waals surface area contributed by atoms with Crippen molar-refractivity contribution in [3.05, 3.63) is 69.3 Å². The van der Waals surface area contributed by atoms with Crippen molar-refractivity contribution in [1.29, 1.82) is 0 Å². The van der Waals surface area contributed by atoms with Crippen molar-refractivity contribution in [2.75, 3.05) is 7.11 Å². The summed E-state index contributed by atoms with van der Waals surface area (Å²) in [5.74, 6) is -0.204. The Hall–Kier alpha value is -3.62. The van der Waals surface area contributed by atoms with Crippen LogP contribution in [-0.4, -0.2) is 24.0 Å². The number of nitro benzene ring substituents is 1. The summed E-state index contributed by atoms with van der Waals surface area (Å²) in [6, 6.07) is 9.81. The van der Waals surface area contributed by atoms with Crippen molar-refractivity contribution in [3.8, 4) is 5.75 Å². The van der Waals surface area contributed by atoms with Crippen LogP contribution in [0.3, 0.4) is 0 Å². The van der Waals surface area contributed by atoms with Gasteiger partial charge in [-0.15, -0.1) is 0 Å². The highest BCUT2D eigenvalue weighted by Crippen LogP contribution is 2.25. The number of primary amides is 1. The van der Waals surface area contributed by atoms with Crippen LogP contribution in [0.15, 0.2) is 42.5 Å². The number of ether oxygens (including phenoxy) is 2. The molecular weight excluding hydrogens is 342 g/mol. The Bertz CT molecular complexity index is 820. The molecule has 9 heteroatoms. The number of nitrogens with zero attached hydrogens (tertiary/aromatic N) is 1. The topological polar surface area (TPSA) is 134 Å². The summed E-state index contributed by atoms with van der Waals surface area (Å²) in [5.41, 5.74) is 6.32. The lowest BCUT2D eigenvalue weighted by Crippen LogP contribution is -2.28. The molecule has 0 saturated carbocycles. The third-order valence-corrected chi connectivity index (χ3v) is 3.49. The summed E-state index contributed by atoms with van der Waals surface area (Å²) in [4.78, 5) is 33.1. The van der Waals surface area contributed by atoms with Gasteiger partial charge in [0, 0.05) is 24.2 Å². The van der Waals surface area contributed by atoms with Crippen LogP contribution in [0, 0.1) is 10.1 Å². The number of nitrogens with one attached hydrogen (secondary N) is 1. The zero-order valence-electron chi connectivity index (χ0n) is 13.9. The zero-order valence-corrected chi connectivity index (χ0v) is 13.9.